The lowest BCUT2D eigenvalue weighted by atomic mass is 10.1. The zero-order valence-corrected chi connectivity index (χ0v) is 13.7. The van der Waals surface area contributed by atoms with Crippen molar-refractivity contribution in [3.05, 3.63) is 39.9 Å². The lowest BCUT2D eigenvalue weighted by Crippen LogP contribution is -2.24. The Kier molecular flexibility index (Phi) is 4.50. The van der Waals surface area contributed by atoms with E-state index >= 15 is 0 Å². The number of benzene rings is 1. The Morgan fingerprint density at radius 1 is 1.36 bits per heavy atom. The van der Waals surface area contributed by atoms with Gasteiger partial charge >= 0.3 is 0 Å². The number of primary sulfonamides is 1. The number of anilines is 1. The van der Waals surface area contributed by atoms with Crippen molar-refractivity contribution in [2.75, 3.05) is 5.73 Å². The molecule has 0 saturated heterocycles. The van der Waals surface area contributed by atoms with Crippen LogP contribution in [0.5, 0.6) is 0 Å². The molecule has 0 bridgehead atoms. The number of thiazole rings is 1. The van der Waals surface area contributed by atoms with E-state index in [1.807, 2.05) is 0 Å². The number of carbonyl (C=O) groups excluding carboxylic acids is 1. The topological polar surface area (TPSA) is 128 Å². The van der Waals surface area contributed by atoms with Gasteiger partial charge in [0.05, 0.1) is 17.1 Å². The number of nitrogens with two attached hydrogens (primary N) is 2. The zero-order valence-electron chi connectivity index (χ0n) is 12.1. The summed E-state index contributed by atoms with van der Waals surface area (Å²) in [6, 6.07) is 2.90. The highest BCUT2D eigenvalue weighted by Crippen LogP contribution is 2.20. The fourth-order valence-corrected chi connectivity index (χ4v) is 3.37. The molecular weight excluding hydrogens is 324 g/mol. The molecule has 0 radical (unpaired) electrons. The van der Waals surface area contributed by atoms with Crippen LogP contribution in [0.3, 0.4) is 0 Å². The molecule has 0 aliphatic rings. The van der Waals surface area contributed by atoms with E-state index in [0.29, 0.717) is 22.0 Å². The second-order valence-electron chi connectivity index (χ2n) is 4.82. The SMILES string of the molecule is Cc1cc(C(=O)NCc2csc(N)n2)cc(S(N)(=O)=O)c1C. The lowest BCUT2D eigenvalue weighted by molar-refractivity contribution is 0.0950. The van der Waals surface area contributed by atoms with Crippen molar-refractivity contribution in [1.82, 2.24) is 10.3 Å². The monoisotopic (exact) mass is 340 g/mol. The number of aromatic nitrogens is 1. The highest BCUT2D eigenvalue weighted by atomic mass is 32.2. The molecule has 22 heavy (non-hydrogen) atoms. The summed E-state index contributed by atoms with van der Waals surface area (Å²) in [5, 5.41) is 10.0. The van der Waals surface area contributed by atoms with Crippen LogP contribution >= 0.6 is 11.3 Å². The predicted octanol–water partition coefficient (Wildman–Crippen LogP) is 0.920. The number of carbonyl (C=O) groups is 1. The number of sulfonamides is 1. The second kappa shape index (κ2) is 6.03. The fraction of sp³-hybridized carbons (Fsp3) is 0.231. The number of aryl methyl sites for hydroxylation is 1. The van der Waals surface area contributed by atoms with Crippen LogP contribution in [0.2, 0.25) is 0 Å². The molecule has 2 rings (SSSR count). The predicted molar refractivity (Wildman–Crippen MR) is 85.0 cm³/mol. The number of amides is 1. The van der Waals surface area contributed by atoms with Crippen molar-refractivity contribution in [2.24, 2.45) is 5.14 Å². The van der Waals surface area contributed by atoms with Crippen LogP contribution < -0.4 is 16.2 Å². The van der Waals surface area contributed by atoms with E-state index in [2.05, 4.69) is 10.3 Å². The molecular formula is C13H16N4O3S2. The minimum Gasteiger partial charge on any atom is -0.375 e. The van der Waals surface area contributed by atoms with Crippen molar-refractivity contribution in [2.45, 2.75) is 25.3 Å². The Labute approximate surface area is 132 Å². The van der Waals surface area contributed by atoms with Gasteiger partial charge in [0, 0.05) is 10.9 Å². The van der Waals surface area contributed by atoms with Crippen LogP contribution in [0.4, 0.5) is 5.13 Å². The first-order chi connectivity index (χ1) is 10.2. The Bertz CT molecular complexity index is 828. The molecule has 7 nitrogen and oxygen atoms in total. The van der Waals surface area contributed by atoms with Crippen molar-refractivity contribution in [1.29, 1.82) is 0 Å². The molecule has 0 unspecified atom stereocenters. The first-order valence-corrected chi connectivity index (χ1v) is 8.73. The molecule has 1 aromatic carbocycles. The molecule has 118 valence electrons. The van der Waals surface area contributed by atoms with Crippen LogP contribution in [-0.2, 0) is 16.6 Å². The van der Waals surface area contributed by atoms with Crippen molar-refractivity contribution in [3.8, 4) is 0 Å². The maximum atomic E-state index is 12.2. The number of nitrogens with zero attached hydrogens (tertiary/aromatic N) is 1. The number of nitrogens with one attached hydrogen (secondary N) is 1. The number of nitrogen functional groups attached to an aromatic ring is 1. The standard InChI is InChI=1S/C13H16N4O3S2/c1-7-3-9(4-11(8(7)2)22(15,19)20)12(18)16-5-10-6-21-13(14)17-10/h3-4,6H,5H2,1-2H3,(H2,14,17)(H,16,18)(H2,15,19,20). The van der Waals surface area contributed by atoms with Crippen LogP contribution in [0, 0.1) is 13.8 Å². The van der Waals surface area contributed by atoms with Gasteiger partial charge in [0.2, 0.25) is 10.0 Å². The average molecular weight is 340 g/mol. The largest absolute Gasteiger partial charge is 0.375 e. The van der Waals surface area contributed by atoms with Gasteiger partial charge in [-0.2, -0.15) is 0 Å². The molecule has 0 fully saturated rings. The molecule has 1 aromatic heterocycles. The van der Waals surface area contributed by atoms with Gasteiger partial charge in [-0.15, -0.1) is 11.3 Å². The van der Waals surface area contributed by atoms with E-state index in [9.17, 15) is 13.2 Å². The quantitative estimate of drug-likeness (QED) is 0.762. The number of hydrogen-bond donors (Lipinski definition) is 3. The second-order valence-corrected chi connectivity index (χ2v) is 7.24. The lowest BCUT2D eigenvalue weighted by Gasteiger charge is -2.10. The molecule has 1 amide bonds. The van der Waals surface area contributed by atoms with Gasteiger partial charge in [-0.1, -0.05) is 0 Å². The number of hydrogen-bond acceptors (Lipinski definition) is 6. The Balaban J connectivity index is 2.25. The van der Waals surface area contributed by atoms with Crippen molar-refractivity contribution >= 4 is 32.4 Å². The molecule has 9 heteroatoms. The van der Waals surface area contributed by atoms with Gasteiger partial charge in [0.1, 0.15) is 0 Å². The first kappa shape index (κ1) is 16.4. The Morgan fingerprint density at radius 3 is 2.59 bits per heavy atom. The van der Waals surface area contributed by atoms with Crippen LogP contribution in [0.25, 0.3) is 0 Å². The molecule has 5 N–H and O–H groups in total. The highest BCUT2D eigenvalue weighted by molar-refractivity contribution is 7.89. The summed E-state index contributed by atoms with van der Waals surface area (Å²) in [5.74, 6) is -0.403. The molecule has 0 saturated carbocycles. The van der Waals surface area contributed by atoms with Crippen LogP contribution in [0.1, 0.15) is 27.2 Å². The van der Waals surface area contributed by atoms with E-state index < -0.39 is 15.9 Å². The van der Waals surface area contributed by atoms with Gasteiger partial charge in [-0.05, 0) is 37.1 Å². The smallest absolute Gasteiger partial charge is 0.251 e. The summed E-state index contributed by atoms with van der Waals surface area (Å²) >= 11 is 1.28. The Morgan fingerprint density at radius 2 is 2.05 bits per heavy atom. The highest BCUT2D eigenvalue weighted by Gasteiger charge is 2.17. The van der Waals surface area contributed by atoms with Crippen LogP contribution in [-0.4, -0.2) is 19.3 Å². The van der Waals surface area contributed by atoms with Gasteiger partial charge < -0.3 is 11.1 Å². The molecule has 1 heterocycles. The minimum absolute atomic E-state index is 0.0458. The summed E-state index contributed by atoms with van der Waals surface area (Å²) in [6.45, 7) is 3.58. The molecule has 0 aliphatic heterocycles. The third kappa shape index (κ3) is 3.62. The summed E-state index contributed by atoms with van der Waals surface area (Å²) in [4.78, 5) is 16.1. The summed E-state index contributed by atoms with van der Waals surface area (Å²) in [5.41, 5.74) is 7.60. The van der Waals surface area contributed by atoms with Crippen LogP contribution in [0.15, 0.2) is 22.4 Å². The summed E-state index contributed by atoms with van der Waals surface area (Å²) in [6.07, 6.45) is 0. The van der Waals surface area contributed by atoms with Gasteiger partial charge in [-0.25, -0.2) is 18.5 Å². The third-order valence-electron chi connectivity index (χ3n) is 3.19. The average Bonchev–Trinajstić information content (AvgIpc) is 2.83. The number of rotatable bonds is 4. The van der Waals surface area contributed by atoms with E-state index in [-0.39, 0.29) is 17.0 Å². The Hall–Kier alpha value is -1.97. The minimum atomic E-state index is -3.88. The van der Waals surface area contributed by atoms with E-state index in [4.69, 9.17) is 10.9 Å². The summed E-state index contributed by atoms with van der Waals surface area (Å²) in [7, 11) is -3.88. The van der Waals surface area contributed by atoms with E-state index in [1.165, 1.54) is 17.4 Å². The molecule has 0 aliphatic carbocycles. The zero-order chi connectivity index (χ0) is 16.5. The van der Waals surface area contributed by atoms with Gasteiger partial charge in [0.15, 0.2) is 5.13 Å². The normalized spacial score (nSPS) is 11.4. The molecule has 0 spiro atoms. The van der Waals surface area contributed by atoms with Gasteiger partial charge in [-0.3, -0.25) is 4.79 Å². The molecule has 0 atom stereocenters. The van der Waals surface area contributed by atoms with Crippen molar-refractivity contribution < 1.29 is 13.2 Å². The van der Waals surface area contributed by atoms with E-state index in [1.54, 1.807) is 25.3 Å². The van der Waals surface area contributed by atoms with E-state index in [0.717, 1.165) is 0 Å². The third-order valence-corrected chi connectivity index (χ3v) is 4.95. The summed E-state index contributed by atoms with van der Waals surface area (Å²) < 4.78 is 23.2. The van der Waals surface area contributed by atoms with Gasteiger partial charge in [0.25, 0.3) is 5.91 Å². The van der Waals surface area contributed by atoms with Crippen molar-refractivity contribution in [3.63, 3.8) is 0 Å². The first-order valence-electron chi connectivity index (χ1n) is 6.30. The molecule has 2 aromatic rings. The maximum absolute atomic E-state index is 12.2. The maximum Gasteiger partial charge on any atom is 0.251 e. The fourth-order valence-electron chi connectivity index (χ4n) is 1.93.